The number of halogens is 1. The number of hydrogen-bond donors (Lipinski definition) is 1. The van der Waals surface area contributed by atoms with E-state index >= 15 is 0 Å². The molecule has 5 nitrogen and oxygen atoms in total. The molecular formula is C16H24ClN5. The summed E-state index contributed by atoms with van der Waals surface area (Å²) in [4.78, 5) is 11.5. The fraction of sp³-hybridized carbons (Fsp3) is 0.562. The van der Waals surface area contributed by atoms with Crippen LogP contribution < -0.4 is 10.2 Å². The Balaban J connectivity index is 1.40. The van der Waals surface area contributed by atoms with Gasteiger partial charge < -0.3 is 15.1 Å². The number of piperazine rings is 1. The molecule has 0 aliphatic carbocycles. The highest BCUT2D eigenvalue weighted by atomic mass is 35.5. The third-order valence-corrected chi connectivity index (χ3v) is 4.55. The molecule has 0 bridgehead atoms. The summed E-state index contributed by atoms with van der Waals surface area (Å²) in [5.41, 5.74) is 1.23. The number of hydrogen-bond acceptors (Lipinski definition) is 5. The molecule has 1 aromatic rings. The van der Waals surface area contributed by atoms with Gasteiger partial charge in [-0.3, -0.25) is 9.89 Å². The third kappa shape index (κ3) is 3.84. The molecular weight excluding hydrogens is 298 g/mol. The minimum atomic E-state index is 0.811. The van der Waals surface area contributed by atoms with Crippen LogP contribution in [0, 0.1) is 0 Å². The molecule has 0 radical (unpaired) electrons. The molecule has 2 aliphatic heterocycles. The summed E-state index contributed by atoms with van der Waals surface area (Å²) in [6, 6.07) is 8.13. The van der Waals surface area contributed by atoms with Crippen molar-refractivity contribution < 1.29 is 0 Å². The number of benzene rings is 1. The normalized spacial score (nSPS) is 19.5. The van der Waals surface area contributed by atoms with E-state index in [9.17, 15) is 0 Å². The molecule has 0 aromatic heterocycles. The first-order chi connectivity index (χ1) is 10.7. The molecule has 0 amide bonds. The molecule has 2 aliphatic rings. The second-order valence-electron chi connectivity index (χ2n) is 5.86. The number of nitrogens with one attached hydrogen (secondary N) is 1. The molecule has 1 fully saturated rings. The first kappa shape index (κ1) is 15.4. The molecule has 6 heteroatoms. The summed E-state index contributed by atoms with van der Waals surface area (Å²) < 4.78 is 0. The lowest BCUT2D eigenvalue weighted by Gasteiger charge is -2.36. The van der Waals surface area contributed by atoms with Crippen molar-refractivity contribution in [3.8, 4) is 0 Å². The van der Waals surface area contributed by atoms with Crippen molar-refractivity contribution in [1.82, 2.24) is 15.1 Å². The first-order valence-electron chi connectivity index (χ1n) is 7.95. The Morgan fingerprint density at radius 2 is 2.00 bits per heavy atom. The number of likely N-dealkylation sites (N-methyl/N-ethyl adjacent to an activating group) is 1. The van der Waals surface area contributed by atoms with Gasteiger partial charge in [0, 0.05) is 63.6 Å². The van der Waals surface area contributed by atoms with Crippen LogP contribution in [0.4, 0.5) is 5.69 Å². The van der Waals surface area contributed by atoms with Gasteiger partial charge in [0.2, 0.25) is 0 Å². The average Bonchev–Trinajstić information content (AvgIpc) is 2.93. The minimum absolute atomic E-state index is 0.811. The maximum atomic E-state index is 6.07. The summed E-state index contributed by atoms with van der Waals surface area (Å²) in [5.74, 6) is 1.04. The van der Waals surface area contributed by atoms with E-state index in [4.69, 9.17) is 11.6 Å². The summed E-state index contributed by atoms with van der Waals surface area (Å²) in [7, 11) is 2.09. The van der Waals surface area contributed by atoms with Crippen molar-refractivity contribution in [2.24, 2.45) is 4.99 Å². The zero-order valence-corrected chi connectivity index (χ0v) is 13.9. The summed E-state index contributed by atoms with van der Waals surface area (Å²) in [6.07, 6.45) is 0. The maximum absolute atomic E-state index is 6.07. The number of rotatable bonds is 4. The fourth-order valence-electron chi connectivity index (χ4n) is 2.95. The molecule has 22 heavy (non-hydrogen) atoms. The molecule has 120 valence electrons. The standard InChI is InChI=1S/C16H24ClN5/c1-20-7-5-18-16(20)19-6-8-21-9-11-22(12-10-21)15-4-2-3-14(17)13-15/h2-4,13H,5-12H2,1H3,(H,18,19). The fourth-order valence-corrected chi connectivity index (χ4v) is 3.14. The van der Waals surface area contributed by atoms with Crippen LogP contribution in [0.25, 0.3) is 0 Å². The predicted molar refractivity (Wildman–Crippen MR) is 93.0 cm³/mol. The van der Waals surface area contributed by atoms with Gasteiger partial charge in [-0.1, -0.05) is 17.7 Å². The molecule has 1 aromatic carbocycles. The Morgan fingerprint density at radius 1 is 1.18 bits per heavy atom. The van der Waals surface area contributed by atoms with E-state index < -0.39 is 0 Å². The third-order valence-electron chi connectivity index (χ3n) is 4.32. The van der Waals surface area contributed by atoms with Crippen LogP contribution >= 0.6 is 11.6 Å². The molecule has 1 N–H and O–H groups in total. The predicted octanol–water partition coefficient (Wildman–Crippen LogP) is 1.35. The SMILES string of the molecule is CN1CCN=C1NCCN1CCN(c2cccc(Cl)c2)CC1. The zero-order chi connectivity index (χ0) is 15.4. The number of aliphatic imine (C=N–C) groups is 1. The van der Waals surface area contributed by atoms with Crippen molar-refractivity contribution in [1.29, 1.82) is 0 Å². The van der Waals surface area contributed by atoms with Gasteiger partial charge in [-0.05, 0) is 18.2 Å². The summed E-state index contributed by atoms with van der Waals surface area (Å²) in [5, 5.41) is 4.24. The van der Waals surface area contributed by atoms with E-state index in [0.717, 1.165) is 63.3 Å². The molecule has 1 saturated heterocycles. The van der Waals surface area contributed by atoms with Gasteiger partial charge in [-0.25, -0.2) is 0 Å². The van der Waals surface area contributed by atoms with E-state index in [1.165, 1.54) is 5.69 Å². The highest BCUT2D eigenvalue weighted by Crippen LogP contribution is 2.20. The van der Waals surface area contributed by atoms with Gasteiger partial charge in [0.15, 0.2) is 5.96 Å². The summed E-state index contributed by atoms with van der Waals surface area (Å²) in [6.45, 7) is 8.27. The van der Waals surface area contributed by atoms with Gasteiger partial charge in [0.1, 0.15) is 0 Å². The van der Waals surface area contributed by atoms with Gasteiger partial charge in [0.05, 0.1) is 6.54 Å². The topological polar surface area (TPSA) is 34.1 Å². The average molecular weight is 322 g/mol. The molecule has 0 saturated carbocycles. The van der Waals surface area contributed by atoms with Gasteiger partial charge in [-0.15, -0.1) is 0 Å². The molecule has 0 atom stereocenters. The molecule has 0 unspecified atom stereocenters. The van der Waals surface area contributed by atoms with E-state index in [-0.39, 0.29) is 0 Å². The lowest BCUT2D eigenvalue weighted by atomic mass is 10.2. The highest BCUT2D eigenvalue weighted by molar-refractivity contribution is 6.30. The smallest absolute Gasteiger partial charge is 0.193 e. The van der Waals surface area contributed by atoms with E-state index in [1.54, 1.807) is 0 Å². The number of nitrogens with zero attached hydrogens (tertiary/aromatic N) is 4. The van der Waals surface area contributed by atoms with Gasteiger partial charge in [-0.2, -0.15) is 0 Å². The van der Waals surface area contributed by atoms with Crippen LogP contribution in [0.2, 0.25) is 5.02 Å². The quantitative estimate of drug-likeness (QED) is 0.908. The van der Waals surface area contributed by atoms with Gasteiger partial charge in [0.25, 0.3) is 0 Å². The Labute approximate surface area is 137 Å². The first-order valence-corrected chi connectivity index (χ1v) is 8.32. The van der Waals surface area contributed by atoms with Crippen LogP contribution in [-0.4, -0.2) is 75.2 Å². The molecule has 3 rings (SSSR count). The maximum Gasteiger partial charge on any atom is 0.193 e. The van der Waals surface area contributed by atoms with E-state index in [1.807, 2.05) is 18.2 Å². The van der Waals surface area contributed by atoms with Crippen LogP contribution in [-0.2, 0) is 0 Å². The Bertz CT molecular complexity index is 525. The van der Waals surface area contributed by atoms with E-state index in [2.05, 4.69) is 38.1 Å². The molecule has 0 spiro atoms. The lowest BCUT2D eigenvalue weighted by Crippen LogP contribution is -2.49. The lowest BCUT2D eigenvalue weighted by molar-refractivity contribution is 0.261. The van der Waals surface area contributed by atoms with Crippen molar-refractivity contribution in [3.63, 3.8) is 0 Å². The monoisotopic (exact) mass is 321 g/mol. The second-order valence-corrected chi connectivity index (χ2v) is 6.30. The van der Waals surface area contributed by atoms with Crippen LogP contribution in [0.5, 0.6) is 0 Å². The highest BCUT2D eigenvalue weighted by Gasteiger charge is 2.17. The van der Waals surface area contributed by atoms with Crippen LogP contribution in [0.3, 0.4) is 0 Å². The Hall–Kier alpha value is -1.46. The van der Waals surface area contributed by atoms with Crippen molar-refractivity contribution in [2.75, 3.05) is 64.3 Å². The minimum Gasteiger partial charge on any atom is -0.369 e. The Morgan fingerprint density at radius 3 is 2.68 bits per heavy atom. The van der Waals surface area contributed by atoms with Crippen molar-refractivity contribution in [2.45, 2.75) is 0 Å². The van der Waals surface area contributed by atoms with Crippen molar-refractivity contribution >= 4 is 23.2 Å². The molecule has 2 heterocycles. The second kappa shape index (κ2) is 7.20. The van der Waals surface area contributed by atoms with Gasteiger partial charge >= 0.3 is 0 Å². The van der Waals surface area contributed by atoms with Crippen molar-refractivity contribution in [3.05, 3.63) is 29.3 Å². The van der Waals surface area contributed by atoms with Crippen LogP contribution in [0.1, 0.15) is 0 Å². The number of guanidine groups is 1. The number of anilines is 1. The Kier molecular flexibility index (Phi) is 5.05. The largest absolute Gasteiger partial charge is 0.369 e. The summed E-state index contributed by atoms with van der Waals surface area (Å²) >= 11 is 6.07. The van der Waals surface area contributed by atoms with Crippen LogP contribution in [0.15, 0.2) is 29.3 Å². The zero-order valence-electron chi connectivity index (χ0n) is 13.1. The van der Waals surface area contributed by atoms with E-state index in [0.29, 0.717) is 0 Å².